The number of aromatic carboxylic acids is 1. The summed E-state index contributed by atoms with van der Waals surface area (Å²) in [5.41, 5.74) is 3.22. The number of hydrogen-bond acceptors (Lipinski definition) is 3. The molecule has 0 amide bonds. The molecule has 0 saturated heterocycles. The highest BCUT2D eigenvalue weighted by Gasteiger charge is 2.12. The van der Waals surface area contributed by atoms with E-state index in [-0.39, 0.29) is 5.56 Å². The van der Waals surface area contributed by atoms with Crippen LogP contribution >= 0.6 is 0 Å². The third kappa shape index (κ3) is 3.33. The lowest BCUT2D eigenvalue weighted by Gasteiger charge is -2.11. The smallest absolute Gasteiger partial charge is 0.335 e. The van der Waals surface area contributed by atoms with E-state index in [1.54, 1.807) is 30.3 Å². The monoisotopic (exact) mass is 334 g/mol. The number of benzene rings is 2. The van der Waals surface area contributed by atoms with E-state index in [0.29, 0.717) is 23.8 Å². The zero-order chi connectivity index (χ0) is 18.0. The van der Waals surface area contributed by atoms with Crippen LogP contribution in [-0.4, -0.2) is 22.7 Å². The van der Waals surface area contributed by atoms with Crippen LogP contribution in [0.1, 0.15) is 29.8 Å². The molecular weight excluding hydrogens is 316 g/mol. The van der Waals surface area contributed by atoms with Crippen molar-refractivity contribution in [2.45, 2.75) is 13.8 Å². The first-order valence-electron chi connectivity index (χ1n) is 8.01. The molecule has 0 unspecified atom stereocenters. The molecule has 2 N–H and O–H groups in total. The summed E-state index contributed by atoms with van der Waals surface area (Å²) in [6.07, 6.45) is 1.82. The van der Waals surface area contributed by atoms with Crippen molar-refractivity contribution in [1.82, 2.24) is 4.98 Å². The van der Waals surface area contributed by atoms with Crippen LogP contribution in [-0.2, 0) is 0 Å². The predicted molar refractivity (Wildman–Crippen MR) is 95.7 cm³/mol. The zero-order valence-corrected chi connectivity index (χ0v) is 14.0. The molecule has 1 aromatic heterocycles. The minimum Gasteiger partial charge on any atom is -0.492 e. The first-order chi connectivity index (χ1) is 12.0. The second-order valence-corrected chi connectivity index (χ2v) is 6.30. The highest BCUT2D eigenvalue weighted by atomic mass is 16.5. The molecule has 2 aromatic carbocycles. The Balaban J connectivity index is 2.04. The van der Waals surface area contributed by atoms with Crippen molar-refractivity contribution in [3.05, 3.63) is 53.7 Å². The van der Waals surface area contributed by atoms with E-state index < -0.39 is 5.97 Å². The summed E-state index contributed by atoms with van der Waals surface area (Å²) < 4.78 is 5.69. The SMILES string of the molecule is CC(C)COc1ccc(-c2c[nH]c3ccc(C(=O)O)cc23)cc1C#N. The Hall–Kier alpha value is -3.26. The van der Waals surface area contributed by atoms with Crippen LogP contribution in [0, 0.1) is 17.2 Å². The summed E-state index contributed by atoms with van der Waals surface area (Å²) in [6, 6.07) is 12.6. The molecule has 5 heteroatoms. The van der Waals surface area contributed by atoms with Gasteiger partial charge in [-0.05, 0) is 41.8 Å². The van der Waals surface area contributed by atoms with Crippen LogP contribution in [0.2, 0.25) is 0 Å². The van der Waals surface area contributed by atoms with E-state index in [1.165, 1.54) is 0 Å². The Morgan fingerprint density at radius 3 is 2.76 bits per heavy atom. The number of aromatic amines is 1. The normalized spacial score (nSPS) is 10.8. The summed E-state index contributed by atoms with van der Waals surface area (Å²) in [6.45, 7) is 4.64. The minimum absolute atomic E-state index is 0.228. The lowest BCUT2D eigenvalue weighted by molar-refractivity contribution is 0.0697. The number of H-pyrrole nitrogens is 1. The van der Waals surface area contributed by atoms with E-state index in [1.807, 2.05) is 26.1 Å². The number of nitrogens with one attached hydrogen (secondary N) is 1. The summed E-state index contributed by atoms with van der Waals surface area (Å²) in [4.78, 5) is 14.4. The summed E-state index contributed by atoms with van der Waals surface area (Å²) in [5.74, 6) is -0.0375. The number of carboxylic acids is 1. The van der Waals surface area contributed by atoms with E-state index >= 15 is 0 Å². The van der Waals surface area contributed by atoms with Crippen LogP contribution in [0.15, 0.2) is 42.6 Å². The number of fused-ring (bicyclic) bond motifs is 1. The van der Waals surface area contributed by atoms with Gasteiger partial charge in [-0.1, -0.05) is 19.9 Å². The molecule has 25 heavy (non-hydrogen) atoms. The van der Waals surface area contributed by atoms with Gasteiger partial charge in [-0.25, -0.2) is 4.79 Å². The topological polar surface area (TPSA) is 86.1 Å². The lowest BCUT2D eigenvalue weighted by atomic mass is 10.0. The summed E-state index contributed by atoms with van der Waals surface area (Å²) >= 11 is 0. The Morgan fingerprint density at radius 2 is 2.08 bits per heavy atom. The maximum Gasteiger partial charge on any atom is 0.335 e. The summed E-state index contributed by atoms with van der Waals surface area (Å²) in [5, 5.41) is 19.4. The fourth-order valence-corrected chi connectivity index (χ4v) is 2.66. The molecule has 3 rings (SSSR count). The van der Waals surface area contributed by atoms with Gasteiger partial charge in [0.15, 0.2) is 0 Å². The molecule has 0 fully saturated rings. The largest absolute Gasteiger partial charge is 0.492 e. The van der Waals surface area contributed by atoms with Gasteiger partial charge in [0, 0.05) is 22.7 Å². The third-order valence-corrected chi connectivity index (χ3v) is 3.91. The molecule has 5 nitrogen and oxygen atoms in total. The fourth-order valence-electron chi connectivity index (χ4n) is 2.66. The van der Waals surface area contributed by atoms with Crippen molar-refractivity contribution in [3.8, 4) is 22.9 Å². The van der Waals surface area contributed by atoms with Gasteiger partial charge in [-0.15, -0.1) is 0 Å². The number of carbonyl (C=O) groups is 1. The van der Waals surface area contributed by atoms with Gasteiger partial charge >= 0.3 is 5.97 Å². The molecule has 0 saturated carbocycles. The van der Waals surface area contributed by atoms with E-state index in [2.05, 4.69) is 11.1 Å². The van der Waals surface area contributed by atoms with Gasteiger partial charge in [0.25, 0.3) is 0 Å². The van der Waals surface area contributed by atoms with Crippen molar-refractivity contribution in [3.63, 3.8) is 0 Å². The molecular formula is C20H18N2O3. The van der Waals surface area contributed by atoms with Gasteiger partial charge in [-0.2, -0.15) is 5.26 Å². The highest BCUT2D eigenvalue weighted by molar-refractivity contribution is 6.00. The molecule has 0 aliphatic carbocycles. The van der Waals surface area contributed by atoms with E-state index in [9.17, 15) is 15.2 Å². The number of hydrogen-bond donors (Lipinski definition) is 2. The fraction of sp³-hybridized carbons (Fsp3) is 0.200. The third-order valence-electron chi connectivity index (χ3n) is 3.91. The number of nitrogens with zero attached hydrogens (tertiary/aromatic N) is 1. The number of nitriles is 1. The Morgan fingerprint density at radius 1 is 1.28 bits per heavy atom. The standard InChI is InChI=1S/C20H18N2O3/c1-12(2)11-25-19-6-4-13(7-15(19)9-21)17-10-22-18-5-3-14(20(23)24)8-16(17)18/h3-8,10,12,22H,11H2,1-2H3,(H,23,24). The minimum atomic E-state index is -0.968. The number of carboxylic acid groups (broad SMARTS) is 1. The Kier molecular flexibility index (Phi) is 4.44. The molecule has 0 spiro atoms. The van der Waals surface area contributed by atoms with Gasteiger partial charge < -0.3 is 14.8 Å². The second kappa shape index (κ2) is 6.70. The molecule has 1 heterocycles. The van der Waals surface area contributed by atoms with Crippen molar-refractivity contribution in [1.29, 1.82) is 5.26 Å². The van der Waals surface area contributed by atoms with Crippen LogP contribution < -0.4 is 4.74 Å². The van der Waals surface area contributed by atoms with E-state index in [4.69, 9.17) is 4.74 Å². The molecule has 3 aromatic rings. The molecule has 0 radical (unpaired) electrons. The van der Waals surface area contributed by atoms with Crippen LogP contribution in [0.5, 0.6) is 5.75 Å². The number of aromatic nitrogens is 1. The second-order valence-electron chi connectivity index (χ2n) is 6.30. The average Bonchev–Trinajstić information content (AvgIpc) is 3.02. The number of rotatable bonds is 5. The van der Waals surface area contributed by atoms with Crippen LogP contribution in [0.25, 0.3) is 22.0 Å². The highest BCUT2D eigenvalue weighted by Crippen LogP contribution is 2.32. The van der Waals surface area contributed by atoms with Gasteiger partial charge in [0.05, 0.1) is 17.7 Å². The van der Waals surface area contributed by atoms with Gasteiger partial charge in [0.2, 0.25) is 0 Å². The van der Waals surface area contributed by atoms with Crippen LogP contribution in [0.4, 0.5) is 0 Å². The quantitative estimate of drug-likeness (QED) is 0.722. The lowest BCUT2D eigenvalue weighted by Crippen LogP contribution is -2.05. The van der Waals surface area contributed by atoms with Crippen molar-refractivity contribution < 1.29 is 14.6 Å². The molecule has 0 aliphatic rings. The number of ether oxygens (including phenoxy) is 1. The Bertz CT molecular complexity index is 980. The van der Waals surface area contributed by atoms with Gasteiger partial charge in [-0.3, -0.25) is 0 Å². The first kappa shape index (κ1) is 16.6. The maximum absolute atomic E-state index is 11.2. The van der Waals surface area contributed by atoms with Crippen molar-refractivity contribution in [2.75, 3.05) is 6.61 Å². The molecule has 126 valence electrons. The average molecular weight is 334 g/mol. The van der Waals surface area contributed by atoms with E-state index in [0.717, 1.165) is 22.0 Å². The molecule has 0 aliphatic heterocycles. The maximum atomic E-state index is 11.2. The first-order valence-corrected chi connectivity index (χ1v) is 8.01. The van der Waals surface area contributed by atoms with Crippen molar-refractivity contribution in [2.24, 2.45) is 5.92 Å². The Labute approximate surface area is 145 Å². The predicted octanol–water partition coefficient (Wildman–Crippen LogP) is 4.44. The van der Waals surface area contributed by atoms with Crippen LogP contribution in [0.3, 0.4) is 0 Å². The molecule has 0 atom stereocenters. The van der Waals surface area contributed by atoms with Crippen molar-refractivity contribution >= 4 is 16.9 Å². The van der Waals surface area contributed by atoms with Gasteiger partial charge in [0.1, 0.15) is 11.8 Å². The summed E-state index contributed by atoms with van der Waals surface area (Å²) in [7, 11) is 0. The molecule has 0 bridgehead atoms. The zero-order valence-electron chi connectivity index (χ0n) is 14.0.